The van der Waals surface area contributed by atoms with E-state index in [4.69, 9.17) is 24.1 Å². The summed E-state index contributed by atoms with van der Waals surface area (Å²) in [6.45, 7) is 4.65. The number of ether oxygens (including phenoxy) is 4. The number of hydrogen-bond donors (Lipinski definition) is 1. The molecule has 8 nitrogen and oxygen atoms in total. The van der Waals surface area contributed by atoms with Gasteiger partial charge in [-0.05, 0) is 32.8 Å². The van der Waals surface area contributed by atoms with Crippen LogP contribution >= 0.6 is 0 Å². The second-order valence-electron chi connectivity index (χ2n) is 8.80. The van der Waals surface area contributed by atoms with Crippen molar-refractivity contribution in [1.29, 1.82) is 0 Å². The highest BCUT2D eigenvalue weighted by Gasteiger charge is 2.52. The summed E-state index contributed by atoms with van der Waals surface area (Å²) in [7, 11) is 1.64. The van der Waals surface area contributed by atoms with Crippen molar-refractivity contribution in [2.45, 2.75) is 44.5 Å². The van der Waals surface area contributed by atoms with Gasteiger partial charge in [0.25, 0.3) is 0 Å². The molecule has 8 heteroatoms. The van der Waals surface area contributed by atoms with Gasteiger partial charge in [0, 0.05) is 30.5 Å². The summed E-state index contributed by atoms with van der Waals surface area (Å²) in [5.74, 6) is 0.574. The molecule has 0 aliphatic carbocycles. The average Bonchev–Trinajstić information content (AvgIpc) is 2.71. The highest BCUT2D eigenvalue weighted by molar-refractivity contribution is 5.78. The second-order valence-corrected chi connectivity index (χ2v) is 8.80. The Bertz CT molecular complexity index is 824. The standard InChI is InChI=1S/C22H29NO7/c1-22(2)15-9-13-10-23(18(24)11-28-12-19(25)26)8-7-16(13)29-20(15)14-5-4-6-17(27-3)21(14)30-22/h4-6,13,15-16,20H,7-12H2,1-3H3,(H,25,26)/t13-,15+,16+,20-/m0/s1. The third-order valence-electron chi connectivity index (χ3n) is 6.51. The van der Waals surface area contributed by atoms with E-state index >= 15 is 0 Å². The number of piperidine rings is 1. The van der Waals surface area contributed by atoms with Crippen LogP contribution in [0, 0.1) is 11.8 Å². The van der Waals surface area contributed by atoms with Crippen LogP contribution in [0.3, 0.4) is 0 Å². The van der Waals surface area contributed by atoms with Gasteiger partial charge in [0.1, 0.15) is 18.8 Å². The zero-order valence-electron chi connectivity index (χ0n) is 17.6. The number of amides is 1. The first-order valence-corrected chi connectivity index (χ1v) is 10.4. The van der Waals surface area contributed by atoms with E-state index in [1.165, 1.54) is 0 Å². The molecule has 1 N–H and O–H groups in total. The summed E-state index contributed by atoms with van der Waals surface area (Å²) in [5.41, 5.74) is 0.589. The third-order valence-corrected chi connectivity index (χ3v) is 6.51. The Labute approximate surface area is 176 Å². The molecular formula is C22H29NO7. The van der Waals surface area contributed by atoms with Crippen molar-refractivity contribution in [2.75, 3.05) is 33.4 Å². The van der Waals surface area contributed by atoms with Crippen LogP contribution in [0.4, 0.5) is 0 Å². The normalized spacial score (nSPS) is 29.1. The van der Waals surface area contributed by atoms with Crippen molar-refractivity contribution in [3.63, 3.8) is 0 Å². The van der Waals surface area contributed by atoms with Gasteiger partial charge in [0.2, 0.25) is 5.91 Å². The monoisotopic (exact) mass is 419 g/mol. The molecule has 30 heavy (non-hydrogen) atoms. The maximum Gasteiger partial charge on any atom is 0.329 e. The Morgan fingerprint density at radius 2 is 2.10 bits per heavy atom. The number of rotatable bonds is 5. The molecule has 2 saturated heterocycles. The number of para-hydroxylation sites is 1. The van der Waals surface area contributed by atoms with Gasteiger partial charge in [0.05, 0.1) is 19.3 Å². The first-order valence-electron chi connectivity index (χ1n) is 10.4. The van der Waals surface area contributed by atoms with Crippen LogP contribution in [0.25, 0.3) is 0 Å². The number of likely N-dealkylation sites (tertiary alicyclic amines) is 1. The fourth-order valence-corrected chi connectivity index (χ4v) is 5.00. The molecule has 0 spiro atoms. The average molecular weight is 419 g/mol. The van der Waals surface area contributed by atoms with E-state index in [2.05, 4.69) is 13.8 Å². The number of nitrogens with zero attached hydrogens (tertiary/aromatic N) is 1. The lowest BCUT2D eigenvalue weighted by molar-refractivity contribution is -0.189. The molecule has 0 bridgehead atoms. The van der Waals surface area contributed by atoms with Gasteiger partial charge in [-0.3, -0.25) is 4.79 Å². The molecule has 3 aliphatic rings. The number of carboxylic acids is 1. The lowest BCUT2D eigenvalue weighted by Gasteiger charge is -2.53. The molecule has 4 rings (SSSR count). The minimum absolute atomic E-state index is 0.0683. The van der Waals surface area contributed by atoms with Crippen molar-refractivity contribution >= 4 is 11.9 Å². The number of benzene rings is 1. The van der Waals surface area contributed by atoms with Crippen LogP contribution in [0.2, 0.25) is 0 Å². The first-order chi connectivity index (χ1) is 14.3. The zero-order valence-corrected chi connectivity index (χ0v) is 17.6. The van der Waals surface area contributed by atoms with Crippen LogP contribution < -0.4 is 9.47 Å². The highest BCUT2D eigenvalue weighted by Crippen LogP contribution is 2.55. The van der Waals surface area contributed by atoms with Crippen LogP contribution in [0.1, 0.15) is 38.4 Å². The number of carboxylic acid groups (broad SMARTS) is 1. The molecule has 0 aromatic heterocycles. The summed E-state index contributed by atoms with van der Waals surface area (Å²) >= 11 is 0. The maximum absolute atomic E-state index is 12.4. The number of fused-ring (bicyclic) bond motifs is 4. The van der Waals surface area contributed by atoms with Crippen molar-refractivity contribution < 1.29 is 33.6 Å². The van der Waals surface area contributed by atoms with Crippen LogP contribution in [-0.4, -0.2) is 67.0 Å². The molecule has 164 valence electrons. The van der Waals surface area contributed by atoms with E-state index in [1.54, 1.807) is 12.0 Å². The van der Waals surface area contributed by atoms with E-state index in [0.29, 0.717) is 18.8 Å². The van der Waals surface area contributed by atoms with Gasteiger partial charge >= 0.3 is 5.97 Å². The number of aliphatic carboxylic acids is 1. The van der Waals surface area contributed by atoms with E-state index in [1.807, 2.05) is 18.2 Å². The largest absolute Gasteiger partial charge is 0.493 e. The van der Waals surface area contributed by atoms with Gasteiger partial charge in [-0.2, -0.15) is 0 Å². The molecule has 3 heterocycles. The summed E-state index contributed by atoms with van der Waals surface area (Å²) in [6.07, 6.45) is 1.64. The van der Waals surface area contributed by atoms with Crippen molar-refractivity contribution in [3.05, 3.63) is 23.8 Å². The van der Waals surface area contributed by atoms with E-state index in [0.717, 1.165) is 24.2 Å². The fraction of sp³-hybridized carbons (Fsp3) is 0.636. The third kappa shape index (κ3) is 3.86. The number of carbonyl (C=O) groups is 2. The van der Waals surface area contributed by atoms with Gasteiger partial charge in [0.15, 0.2) is 11.5 Å². The highest BCUT2D eigenvalue weighted by atomic mass is 16.5. The quantitative estimate of drug-likeness (QED) is 0.782. The van der Waals surface area contributed by atoms with Crippen LogP contribution in [0.15, 0.2) is 18.2 Å². The Balaban J connectivity index is 1.48. The van der Waals surface area contributed by atoms with E-state index < -0.39 is 18.2 Å². The van der Waals surface area contributed by atoms with Crippen LogP contribution in [-0.2, 0) is 19.1 Å². The number of hydrogen-bond acceptors (Lipinski definition) is 6. The maximum atomic E-state index is 12.4. The molecule has 2 fully saturated rings. The topological polar surface area (TPSA) is 94.5 Å². The molecular weight excluding hydrogens is 390 g/mol. The van der Waals surface area contributed by atoms with Crippen molar-refractivity contribution in [2.24, 2.45) is 11.8 Å². The SMILES string of the molecule is COc1cccc2c1OC(C)(C)[C@@H]1C[C@H]3CN(C(=O)COCC(=O)O)CC[C@H]3O[C@@H]21. The van der Waals surface area contributed by atoms with Gasteiger partial charge in [-0.25, -0.2) is 4.79 Å². The summed E-state index contributed by atoms with van der Waals surface area (Å²) in [6, 6.07) is 5.91. The minimum atomic E-state index is -1.08. The Hall–Kier alpha value is -2.32. The second kappa shape index (κ2) is 8.07. The molecule has 1 aromatic carbocycles. The summed E-state index contributed by atoms with van der Waals surface area (Å²) in [5, 5.41) is 8.67. The molecule has 0 unspecified atom stereocenters. The van der Waals surface area contributed by atoms with Gasteiger partial charge < -0.3 is 29.0 Å². The molecule has 1 aromatic rings. The van der Waals surface area contributed by atoms with Gasteiger partial charge in [-0.1, -0.05) is 12.1 Å². The van der Waals surface area contributed by atoms with Crippen LogP contribution in [0.5, 0.6) is 11.5 Å². The van der Waals surface area contributed by atoms with E-state index in [9.17, 15) is 9.59 Å². The lowest BCUT2D eigenvalue weighted by atomic mass is 9.70. The van der Waals surface area contributed by atoms with Crippen molar-refractivity contribution in [1.82, 2.24) is 4.90 Å². The summed E-state index contributed by atoms with van der Waals surface area (Å²) < 4.78 is 23.5. The predicted octanol–water partition coefficient (Wildman–Crippen LogP) is 2.26. The number of methoxy groups -OCH3 is 1. The molecule has 0 saturated carbocycles. The smallest absolute Gasteiger partial charge is 0.329 e. The Kier molecular flexibility index (Phi) is 5.63. The van der Waals surface area contributed by atoms with Crippen molar-refractivity contribution in [3.8, 4) is 11.5 Å². The lowest BCUT2D eigenvalue weighted by Crippen LogP contribution is -2.56. The molecule has 4 atom stereocenters. The molecule has 0 radical (unpaired) electrons. The fourth-order valence-electron chi connectivity index (χ4n) is 5.00. The van der Waals surface area contributed by atoms with E-state index in [-0.39, 0.29) is 36.6 Å². The Morgan fingerprint density at radius 3 is 2.83 bits per heavy atom. The first kappa shape index (κ1) is 20.9. The zero-order chi connectivity index (χ0) is 21.5. The minimum Gasteiger partial charge on any atom is -0.493 e. The predicted molar refractivity (Wildman–Crippen MR) is 107 cm³/mol. The Morgan fingerprint density at radius 1 is 1.30 bits per heavy atom. The molecule has 3 aliphatic heterocycles. The van der Waals surface area contributed by atoms with Gasteiger partial charge in [-0.15, -0.1) is 0 Å². The number of carbonyl (C=O) groups excluding carboxylic acids is 1. The molecule has 1 amide bonds. The summed E-state index contributed by atoms with van der Waals surface area (Å²) in [4.78, 5) is 24.8.